The molecule has 3 nitrogen and oxygen atoms in total. The zero-order chi connectivity index (χ0) is 14.5. The summed E-state index contributed by atoms with van der Waals surface area (Å²) in [4.78, 5) is 6.42. The predicted octanol–water partition coefficient (Wildman–Crippen LogP) is 3.03. The Morgan fingerprint density at radius 1 is 1.25 bits per heavy atom. The number of benzene rings is 1. The quantitative estimate of drug-likeness (QED) is 0.856. The van der Waals surface area contributed by atoms with Crippen LogP contribution in [0, 0.1) is 24.1 Å². The van der Waals surface area contributed by atoms with Crippen LogP contribution in [0.25, 0.3) is 0 Å². The van der Waals surface area contributed by atoms with Crippen molar-refractivity contribution < 1.29 is 4.39 Å². The third kappa shape index (κ3) is 3.62. The highest BCUT2D eigenvalue weighted by Gasteiger charge is 2.08. The van der Waals surface area contributed by atoms with Crippen molar-refractivity contribution in [2.24, 2.45) is 0 Å². The first-order valence-corrected chi connectivity index (χ1v) is 6.38. The fraction of sp³-hybridized carbons (Fsp3) is 0.250. The molecule has 0 atom stereocenters. The standard InChI is InChI=1S/C16H16FN3/c1-12-4-3-5-15(19-12)11-20(2)10-14-7-6-13(9-18)8-16(14)17/h3-8H,10-11H2,1-2H3. The van der Waals surface area contributed by atoms with Gasteiger partial charge in [-0.2, -0.15) is 5.26 Å². The zero-order valence-electron chi connectivity index (χ0n) is 11.6. The second-order valence-electron chi connectivity index (χ2n) is 4.86. The van der Waals surface area contributed by atoms with E-state index in [9.17, 15) is 4.39 Å². The number of nitriles is 1. The molecule has 2 rings (SSSR count). The summed E-state index contributed by atoms with van der Waals surface area (Å²) >= 11 is 0. The molecule has 0 saturated heterocycles. The fourth-order valence-corrected chi connectivity index (χ4v) is 2.06. The molecule has 1 heterocycles. The summed E-state index contributed by atoms with van der Waals surface area (Å²) in [6.07, 6.45) is 0. The van der Waals surface area contributed by atoms with Gasteiger partial charge in [0.25, 0.3) is 0 Å². The van der Waals surface area contributed by atoms with Crippen molar-refractivity contribution in [1.29, 1.82) is 5.26 Å². The van der Waals surface area contributed by atoms with E-state index in [1.807, 2.05) is 43.1 Å². The van der Waals surface area contributed by atoms with Crippen LogP contribution in [0.3, 0.4) is 0 Å². The Bertz CT molecular complexity index is 646. The van der Waals surface area contributed by atoms with Crippen LogP contribution in [0.5, 0.6) is 0 Å². The third-order valence-corrected chi connectivity index (χ3v) is 3.00. The van der Waals surface area contributed by atoms with Gasteiger partial charge in [-0.25, -0.2) is 4.39 Å². The molecule has 1 aromatic heterocycles. The maximum Gasteiger partial charge on any atom is 0.129 e. The molecule has 0 spiro atoms. The summed E-state index contributed by atoms with van der Waals surface area (Å²) in [5.41, 5.74) is 2.86. The molecule has 0 saturated carbocycles. The Morgan fingerprint density at radius 3 is 2.70 bits per heavy atom. The summed E-state index contributed by atoms with van der Waals surface area (Å²) in [5, 5.41) is 8.72. The minimum absolute atomic E-state index is 0.340. The highest BCUT2D eigenvalue weighted by atomic mass is 19.1. The van der Waals surface area contributed by atoms with E-state index in [0.29, 0.717) is 24.2 Å². The Balaban J connectivity index is 2.05. The second kappa shape index (κ2) is 6.27. The Morgan fingerprint density at radius 2 is 2.05 bits per heavy atom. The molecule has 4 heteroatoms. The molecule has 0 aliphatic rings. The predicted molar refractivity (Wildman–Crippen MR) is 75.3 cm³/mol. The van der Waals surface area contributed by atoms with Crippen molar-refractivity contribution >= 4 is 0 Å². The number of rotatable bonds is 4. The van der Waals surface area contributed by atoms with E-state index in [4.69, 9.17) is 5.26 Å². The van der Waals surface area contributed by atoms with Crippen molar-refractivity contribution in [2.75, 3.05) is 7.05 Å². The molecule has 0 fully saturated rings. The van der Waals surface area contributed by atoms with Gasteiger partial charge in [0.1, 0.15) is 5.82 Å². The van der Waals surface area contributed by atoms with Crippen LogP contribution in [-0.2, 0) is 13.1 Å². The van der Waals surface area contributed by atoms with E-state index in [-0.39, 0.29) is 5.82 Å². The molecule has 0 radical (unpaired) electrons. The molecular weight excluding hydrogens is 253 g/mol. The van der Waals surface area contributed by atoms with Crippen molar-refractivity contribution in [3.63, 3.8) is 0 Å². The minimum Gasteiger partial charge on any atom is -0.296 e. The SMILES string of the molecule is Cc1cccc(CN(C)Cc2ccc(C#N)cc2F)n1. The monoisotopic (exact) mass is 269 g/mol. The lowest BCUT2D eigenvalue weighted by Crippen LogP contribution is -2.18. The van der Waals surface area contributed by atoms with Gasteiger partial charge >= 0.3 is 0 Å². The summed E-state index contributed by atoms with van der Waals surface area (Å²) in [6, 6.07) is 12.4. The van der Waals surface area contributed by atoms with Crippen LogP contribution in [0.2, 0.25) is 0 Å². The summed E-state index contributed by atoms with van der Waals surface area (Å²) < 4.78 is 13.8. The van der Waals surface area contributed by atoms with Crippen LogP contribution in [0.15, 0.2) is 36.4 Å². The third-order valence-electron chi connectivity index (χ3n) is 3.00. The topological polar surface area (TPSA) is 39.9 Å². The Hall–Kier alpha value is -2.25. The van der Waals surface area contributed by atoms with Crippen molar-refractivity contribution in [1.82, 2.24) is 9.88 Å². The average molecular weight is 269 g/mol. The highest BCUT2D eigenvalue weighted by Crippen LogP contribution is 2.13. The lowest BCUT2D eigenvalue weighted by molar-refractivity contribution is 0.309. The first-order valence-electron chi connectivity index (χ1n) is 6.38. The van der Waals surface area contributed by atoms with Crippen LogP contribution >= 0.6 is 0 Å². The number of aromatic nitrogens is 1. The second-order valence-corrected chi connectivity index (χ2v) is 4.86. The molecule has 102 valence electrons. The molecule has 1 aromatic carbocycles. The van der Waals surface area contributed by atoms with Gasteiger partial charge in [-0.15, -0.1) is 0 Å². The highest BCUT2D eigenvalue weighted by molar-refractivity contribution is 5.32. The van der Waals surface area contributed by atoms with E-state index < -0.39 is 0 Å². The molecular formula is C16H16FN3. The molecule has 0 bridgehead atoms. The van der Waals surface area contributed by atoms with E-state index in [1.54, 1.807) is 12.1 Å². The lowest BCUT2D eigenvalue weighted by Gasteiger charge is -2.17. The van der Waals surface area contributed by atoms with E-state index in [1.165, 1.54) is 6.07 Å². The summed E-state index contributed by atoms with van der Waals surface area (Å²) in [7, 11) is 1.92. The van der Waals surface area contributed by atoms with Gasteiger partial charge in [-0.05, 0) is 38.2 Å². The van der Waals surface area contributed by atoms with Crippen LogP contribution < -0.4 is 0 Å². The minimum atomic E-state index is -0.340. The van der Waals surface area contributed by atoms with Gasteiger partial charge in [0.15, 0.2) is 0 Å². The van der Waals surface area contributed by atoms with E-state index in [2.05, 4.69) is 4.98 Å². The first kappa shape index (κ1) is 14.2. The van der Waals surface area contributed by atoms with Crippen molar-refractivity contribution in [2.45, 2.75) is 20.0 Å². The van der Waals surface area contributed by atoms with Gasteiger partial charge in [0, 0.05) is 24.3 Å². The Labute approximate surface area is 118 Å². The van der Waals surface area contributed by atoms with Gasteiger partial charge in [-0.3, -0.25) is 9.88 Å². The van der Waals surface area contributed by atoms with Crippen molar-refractivity contribution in [3.8, 4) is 6.07 Å². The van der Waals surface area contributed by atoms with Gasteiger partial charge in [-0.1, -0.05) is 12.1 Å². The number of pyridine rings is 1. The van der Waals surface area contributed by atoms with Gasteiger partial charge in [0.05, 0.1) is 17.3 Å². The van der Waals surface area contributed by atoms with Gasteiger partial charge in [0.2, 0.25) is 0 Å². The maximum atomic E-state index is 13.8. The fourth-order valence-electron chi connectivity index (χ4n) is 2.06. The number of aryl methyl sites for hydroxylation is 1. The van der Waals surface area contributed by atoms with Crippen LogP contribution in [0.4, 0.5) is 4.39 Å². The van der Waals surface area contributed by atoms with E-state index in [0.717, 1.165) is 11.4 Å². The van der Waals surface area contributed by atoms with E-state index >= 15 is 0 Å². The Kier molecular flexibility index (Phi) is 4.44. The summed E-state index contributed by atoms with van der Waals surface area (Å²) in [5.74, 6) is -0.340. The zero-order valence-corrected chi connectivity index (χ0v) is 11.6. The number of hydrogen-bond donors (Lipinski definition) is 0. The number of nitrogens with zero attached hydrogens (tertiary/aromatic N) is 3. The molecule has 0 amide bonds. The van der Waals surface area contributed by atoms with Crippen molar-refractivity contribution in [3.05, 3.63) is 64.7 Å². The lowest BCUT2D eigenvalue weighted by atomic mass is 10.1. The largest absolute Gasteiger partial charge is 0.296 e. The molecule has 0 aliphatic heterocycles. The van der Waals surface area contributed by atoms with Gasteiger partial charge < -0.3 is 0 Å². The van der Waals surface area contributed by atoms with Crippen LogP contribution in [-0.4, -0.2) is 16.9 Å². The smallest absolute Gasteiger partial charge is 0.129 e. The average Bonchev–Trinajstić information content (AvgIpc) is 2.41. The molecule has 0 unspecified atom stereocenters. The van der Waals surface area contributed by atoms with Crippen LogP contribution in [0.1, 0.15) is 22.5 Å². The molecule has 2 aromatic rings. The molecule has 0 N–H and O–H groups in total. The summed E-state index contributed by atoms with van der Waals surface area (Å²) in [6.45, 7) is 3.08. The number of hydrogen-bond acceptors (Lipinski definition) is 3. The number of halogens is 1. The molecule has 20 heavy (non-hydrogen) atoms. The first-order chi connectivity index (χ1) is 9.58. The molecule has 0 aliphatic carbocycles. The maximum absolute atomic E-state index is 13.8. The normalized spacial score (nSPS) is 10.6.